The van der Waals surface area contributed by atoms with Crippen molar-refractivity contribution < 1.29 is 19.0 Å². The molecule has 0 aliphatic carbocycles. The Kier molecular flexibility index (Phi) is 5.07. The minimum Gasteiger partial charge on any atom is -0.497 e. The molecule has 5 heteroatoms. The smallest absolute Gasteiger partial charge is 0.263 e. The largest absolute Gasteiger partial charge is 0.497 e. The summed E-state index contributed by atoms with van der Waals surface area (Å²) in [7, 11) is 1.61. The summed E-state index contributed by atoms with van der Waals surface area (Å²) in [5, 5.41) is 0. The van der Waals surface area contributed by atoms with E-state index < -0.39 is 6.10 Å². The Bertz CT molecular complexity index is 464. The number of carbonyl (C=O) groups excluding carboxylic acids is 1. The number of benzene rings is 1. The fraction of sp³-hybridized carbons (Fsp3) is 0.562. The number of methoxy groups -OCH3 is 1. The molecule has 1 aliphatic heterocycles. The molecule has 0 N–H and O–H groups in total. The van der Waals surface area contributed by atoms with E-state index in [-0.39, 0.29) is 18.1 Å². The fourth-order valence-corrected chi connectivity index (χ4v) is 2.52. The van der Waals surface area contributed by atoms with Gasteiger partial charge in [-0.3, -0.25) is 4.79 Å². The lowest BCUT2D eigenvalue weighted by Gasteiger charge is -2.36. The summed E-state index contributed by atoms with van der Waals surface area (Å²) >= 11 is 0. The van der Waals surface area contributed by atoms with Crippen molar-refractivity contribution >= 4 is 5.91 Å². The predicted octanol–water partition coefficient (Wildman–Crippen LogP) is 2.10. The number of rotatable bonds is 4. The molecular formula is C16H23NO4. The molecule has 1 heterocycles. The van der Waals surface area contributed by atoms with Crippen LogP contribution < -0.4 is 9.47 Å². The van der Waals surface area contributed by atoms with Gasteiger partial charge >= 0.3 is 0 Å². The van der Waals surface area contributed by atoms with Crippen LogP contribution in [0.25, 0.3) is 0 Å². The second-order valence-electron chi connectivity index (χ2n) is 5.44. The lowest BCUT2D eigenvalue weighted by atomic mass is 10.2. The average Bonchev–Trinajstić information content (AvgIpc) is 2.46. The van der Waals surface area contributed by atoms with Crippen molar-refractivity contribution in [1.82, 2.24) is 4.90 Å². The summed E-state index contributed by atoms with van der Waals surface area (Å²) in [5.74, 6) is 1.41. The van der Waals surface area contributed by atoms with Gasteiger partial charge in [-0.25, -0.2) is 0 Å². The molecule has 1 aromatic rings. The first-order valence-corrected chi connectivity index (χ1v) is 7.24. The lowest BCUT2D eigenvalue weighted by Crippen LogP contribution is -2.51. The molecule has 1 aromatic carbocycles. The number of morpholine rings is 1. The number of hydrogen-bond acceptors (Lipinski definition) is 4. The Balaban J connectivity index is 1.95. The summed E-state index contributed by atoms with van der Waals surface area (Å²) in [6, 6.07) is 7.22. The van der Waals surface area contributed by atoms with Crippen molar-refractivity contribution in [2.75, 3.05) is 20.2 Å². The maximum absolute atomic E-state index is 12.4. The average molecular weight is 293 g/mol. The van der Waals surface area contributed by atoms with Gasteiger partial charge < -0.3 is 19.1 Å². The lowest BCUT2D eigenvalue weighted by molar-refractivity contribution is -0.149. The van der Waals surface area contributed by atoms with E-state index in [1.54, 1.807) is 26.2 Å². The van der Waals surface area contributed by atoms with Crippen LogP contribution >= 0.6 is 0 Å². The van der Waals surface area contributed by atoms with E-state index in [9.17, 15) is 4.79 Å². The van der Waals surface area contributed by atoms with E-state index in [1.165, 1.54) is 0 Å². The summed E-state index contributed by atoms with van der Waals surface area (Å²) in [6.07, 6.45) is -0.396. The monoisotopic (exact) mass is 293 g/mol. The standard InChI is InChI=1S/C16H23NO4/c1-11-9-17(10-12(2)20-11)16(18)13(3)21-15-7-5-14(19-4)6-8-15/h5-8,11-13H,9-10H2,1-4H3/t11-,12+,13-/m0/s1. The minimum absolute atomic E-state index is 0.00665. The summed E-state index contributed by atoms with van der Waals surface area (Å²) in [6.45, 7) is 6.95. The number of ether oxygens (including phenoxy) is 3. The fourth-order valence-electron chi connectivity index (χ4n) is 2.52. The molecule has 3 atom stereocenters. The minimum atomic E-state index is -0.518. The first-order valence-electron chi connectivity index (χ1n) is 7.24. The molecule has 1 fully saturated rings. The molecule has 0 radical (unpaired) electrons. The van der Waals surface area contributed by atoms with E-state index in [1.807, 2.05) is 30.9 Å². The van der Waals surface area contributed by atoms with Crippen molar-refractivity contribution in [3.63, 3.8) is 0 Å². The van der Waals surface area contributed by atoms with Gasteiger partial charge in [0.2, 0.25) is 0 Å². The molecule has 1 saturated heterocycles. The molecule has 0 bridgehead atoms. The molecule has 1 amide bonds. The zero-order chi connectivity index (χ0) is 15.4. The van der Waals surface area contributed by atoms with Gasteiger partial charge in [-0.15, -0.1) is 0 Å². The number of hydrogen-bond donors (Lipinski definition) is 0. The Morgan fingerprint density at radius 3 is 2.24 bits per heavy atom. The molecule has 0 saturated carbocycles. The Hall–Kier alpha value is -1.75. The van der Waals surface area contributed by atoms with Gasteiger partial charge in [-0.1, -0.05) is 0 Å². The zero-order valence-electron chi connectivity index (χ0n) is 13.0. The highest BCUT2D eigenvalue weighted by molar-refractivity contribution is 5.81. The molecule has 1 aliphatic rings. The maximum atomic E-state index is 12.4. The second-order valence-corrected chi connectivity index (χ2v) is 5.44. The highest BCUT2D eigenvalue weighted by Gasteiger charge is 2.29. The third-order valence-corrected chi connectivity index (χ3v) is 3.45. The van der Waals surface area contributed by atoms with Crippen molar-refractivity contribution in [3.8, 4) is 11.5 Å². The molecule has 0 spiro atoms. The summed E-state index contributed by atoms with van der Waals surface area (Å²) in [4.78, 5) is 14.2. The molecule has 2 rings (SSSR count). The van der Waals surface area contributed by atoms with Gasteiger partial charge in [0.1, 0.15) is 11.5 Å². The van der Waals surface area contributed by atoms with Crippen LogP contribution in [0, 0.1) is 0 Å². The van der Waals surface area contributed by atoms with E-state index in [0.717, 1.165) is 5.75 Å². The van der Waals surface area contributed by atoms with Crippen molar-refractivity contribution in [3.05, 3.63) is 24.3 Å². The molecular weight excluding hydrogens is 270 g/mol. The molecule has 0 unspecified atom stereocenters. The van der Waals surface area contributed by atoms with Crippen molar-refractivity contribution in [1.29, 1.82) is 0 Å². The van der Waals surface area contributed by atoms with Gasteiger partial charge in [0.15, 0.2) is 6.10 Å². The van der Waals surface area contributed by atoms with E-state index in [2.05, 4.69) is 0 Å². The second kappa shape index (κ2) is 6.80. The SMILES string of the molecule is COc1ccc(O[C@@H](C)C(=O)N2C[C@@H](C)O[C@@H](C)C2)cc1. The molecule has 0 aromatic heterocycles. The van der Waals surface area contributed by atoms with Gasteiger partial charge in [0, 0.05) is 13.1 Å². The Morgan fingerprint density at radius 1 is 1.19 bits per heavy atom. The third-order valence-electron chi connectivity index (χ3n) is 3.45. The predicted molar refractivity (Wildman–Crippen MR) is 79.7 cm³/mol. The molecule has 21 heavy (non-hydrogen) atoms. The van der Waals surface area contributed by atoms with Crippen molar-refractivity contribution in [2.24, 2.45) is 0 Å². The van der Waals surface area contributed by atoms with Gasteiger partial charge in [-0.2, -0.15) is 0 Å². The Labute approximate surface area is 125 Å². The van der Waals surface area contributed by atoms with E-state index in [4.69, 9.17) is 14.2 Å². The van der Waals surface area contributed by atoms with Crippen molar-refractivity contribution in [2.45, 2.75) is 39.1 Å². The zero-order valence-corrected chi connectivity index (χ0v) is 13.0. The third kappa shape index (κ3) is 4.11. The number of carbonyl (C=O) groups is 1. The van der Waals surface area contributed by atoms with Crippen LogP contribution in [0.2, 0.25) is 0 Å². The van der Waals surface area contributed by atoms with Crippen LogP contribution in [0.4, 0.5) is 0 Å². The highest BCUT2D eigenvalue weighted by atomic mass is 16.5. The Morgan fingerprint density at radius 2 is 1.71 bits per heavy atom. The van der Waals surface area contributed by atoms with Crippen LogP contribution in [0.3, 0.4) is 0 Å². The van der Waals surface area contributed by atoms with Crippen LogP contribution in [-0.2, 0) is 9.53 Å². The quantitative estimate of drug-likeness (QED) is 0.853. The van der Waals surface area contributed by atoms with Crippen LogP contribution in [-0.4, -0.2) is 49.3 Å². The van der Waals surface area contributed by atoms with Crippen LogP contribution in [0.15, 0.2) is 24.3 Å². The highest BCUT2D eigenvalue weighted by Crippen LogP contribution is 2.19. The first kappa shape index (κ1) is 15.6. The topological polar surface area (TPSA) is 48.0 Å². The van der Waals surface area contributed by atoms with Crippen LogP contribution in [0.1, 0.15) is 20.8 Å². The summed E-state index contributed by atoms with van der Waals surface area (Å²) < 4.78 is 16.4. The first-order chi connectivity index (χ1) is 9.99. The normalized spacial score (nSPS) is 23.5. The van der Waals surface area contributed by atoms with Gasteiger partial charge in [0.05, 0.1) is 19.3 Å². The number of amides is 1. The molecule has 116 valence electrons. The van der Waals surface area contributed by atoms with Crippen LogP contribution in [0.5, 0.6) is 11.5 Å². The van der Waals surface area contributed by atoms with Gasteiger partial charge in [0.25, 0.3) is 5.91 Å². The maximum Gasteiger partial charge on any atom is 0.263 e. The number of nitrogens with zero attached hydrogens (tertiary/aromatic N) is 1. The van der Waals surface area contributed by atoms with E-state index >= 15 is 0 Å². The van der Waals surface area contributed by atoms with E-state index in [0.29, 0.717) is 18.8 Å². The van der Waals surface area contributed by atoms with Gasteiger partial charge in [-0.05, 0) is 45.0 Å². The summed E-state index contributed by atoms with van der Waals surface area (Å²) in [5.41, 5.74) is 0. The molecule has 5 nitrogen and oxygen atoms in total.